The molecule has 1 aliphatic heterocycles. The van der Waals surface area contributed by atoms with Crippen LogP contribution in [-0.2, 0) is 9.53 Å². The number of fused-ring (bicyclic) bond motifs is 1. The van der Waals surface area contributed by atoms with Gasteiger partial charge in [-0.2, -0.15) is 0 Å². The van der Waals surface area contributed by atoms with E-state index in [0.29, 0.717) is 6.42 Å². The number of aliphatic hydroxyl groups is 5. The summed E-state index contributed by atoms with van der Waals surface area (Å²) in [6.45, 7) is 2.54. The lowest BCUT2D eigenvalue weighted by Crippen LogP contribution is -2.59. The fourth-order valence-electron chi connectivity index (χ4n) is 3.52. The van der Waals surface area contributed by atoms with Gasteiger partial charge in [-0.25, -0.2) is 0 Å². The first kappa shape index (κ1) is 21.7. The van der Waals surface area contributed by atoms with E-state index in [1.807, 2.05) is 0 Å². The van der Waals surface area contributed by atoms with Gasteiger partial charge in [0, 0.05) is 12.8 Å². The number of carboxylic acids is 1. The minimum atomic E-state index is -1.82. The van der Waals surface area contributed by atoms with Gasteiger partial charge >= 0.3 is 5.97 Å². The predicted molar refractivity (Wildman–Crippen MR) is 95.8 cm³/mol. The van der Waals surface area contributed by atoms with E-state index in [2.05, 4.69) is 0 Å². The quantitative estimate of drug-likeness (QED) is 0.326. The van der Waals surface area contributed by atoms with Crippen LogP contribution in [0.15, 0.2) is 35.5 Å². The highest BCUT2D eigenvalue weighted by Gasteiger charge is 2.60. The van der Waals surface area contributed by atoms with Gasteiger partial charge in [0.1, 0.15) is 23.9 Å². The Morgan fingerprint density at radius 2 is 2.00 bits per heavy atom. The smallest absolute Gasteiger partial charge is 0.303 e. The Bertz CT molecular complexity index is 645. The van der Waals surface area contributed by atoms with Crippen LogP contribution in [0.2, 0.25) is 0 Å². The van der Waals surface area contributed by atoms with E-state index in [0.717, 1.165) is 0 Å². The lowest BCUT2D eigenvalue weighted by atomic mass is 9.72. The largest absolute Gasteiger partial charge is 0.481 e. The Hall–Kier alpha value is -1.55. The molecule has 8 nitrogen and oxygen atoms in total. The third-order valence-electron chi connectivity index (χ3n) is 5.09. The van der Waals surface area contributed by atoms with Crippen molar-refractivity contribution < 1.29 is 40.2 Å². The number of allylic oxidation sites excluding steroid dienone is 3. The number of carbonyl (C=O) groups is 1. The molecule has 6 N–H and O–H groups in total. The molecule has 0 bridgehead atoms. The fourth-order valence-corrected chi connectivity index (χ4v) is 3.52. The van der Waals surface area contributed by atoms with Crippen LogP contribution in [0.25, 0.3) is 0 Å². The van der Waals surface area contributed by atoms with E-state index in [9.17, 15) is 30.3 Å². The number of hydrogen-bond acceptors (Lipinski definition) is 7. The maximum Gasteiger partial charge on any atom is 0.303 e. The maximum absolute atomic E-state index is 10.9. The lowest BCUT2D eigenvalue weighted by Gasteiger charge is -2.42. The van der Waals surface area contributed by atoms with Crippen molar-refractivity contribution in [3.8, 4) is 0 Å². The van der Waals surface area contributed by atoms with Crippen molar-refractivity contribution in [1.82, 2.24) is 0 Å². The number of rotatable bonds is 7. The third kappa shape index (κ3) is 4.48. The van der Waals surface area contributed by atoms with Gasteiger partial charge in [0.25, 0.3) is 0 Å². The summed E-state index contributed by atoms with van der Waals surface area (Å²) in [7, 11) is 0. The third-order valence-corrected chi connectivity index (χ3v) is 5.09. The van der Waals surface area contributed by atoms with Crippen molar-refractivity contribution in [2.24, 2.45) is 0 Å². The molecule has 0 amide bonds. The second kappa shape index (κ2) is 8.22. The summed E-state index contributed by atoms with van der Waals surface area (Å²) in [5.41, 5.74) is -2.64. The first-order valence-corrected chi connectivity index (χ1v) is 8.87. The second-order valence-electron chi connectivity index (χ2n) is 7.60. The number of ether oxygens (including phenoxy) is 1. The number of aliphatic hydroxyl groups excluding tert-OH is 3. The van der Waals surface area contributed by atoms with Gasteiger partial charge < -0.3 is 35.4 Å². The minimum Gasteiger partial charge on any atom is -0.481 e. The standard InChI is InChI=1S/C19H28O8/c1-18(2,25)13-9-19(26)16(24)15(23)11(12(10-20)17(19)27-13)7-5-3-4-6-8-14(21)22/h3-5,7,13,15-17,20,23-26H,6,8-10H2,1-2H3,(H,21,22). The lowest BCUT2D eigenvalue weighted by molar-refractivity contribution is -0.149. The monoisotopic (exact) mass is 384 g/mol. The van der Waals surface area contributed by atoms with Gasteiger partial charge in [0.15, 0.2) is 0 Å². The summed E-state index contributed by atoms with van der Waals surface area (Å²) < 4.78 is 5.75. The zero-order valence-electron chi connectivity index (χ0n) is 15.4. The van der Waals surface area contributed by atoms with E-state index in [1.54, 1.807) is 18.2 Å². The van der Waals surface area contributed by atoms with Crippen LogP contribution >= 0.6 is 0 Å². The minimum absolute atomic E-state index is 0.00243. The summed E-state index contributed by atoms with van der Waals surface area (Å²) in [4.78, 5) is 10.5. The highest BCUT2D eigenvalue weighted by molar-refractivity contribution is 5.66. The zero-order chi connectivity index (χ0) is 20.4. The van der Waals surface area contributed by atoms with Crippen molar-refractivity contribution >= 4 is 5.97 Å². The van der Waals surface area contributed by atoms with Crippen LogP contribution in [0.5, 0.6) is 0 Å². The van der Waals surface area contributed by atoms with Gasteiger partial charge in [-0.05, 0) is 31.4 Å². The van der Waals surface area contributed by atoms with E-state index in [4.69, 9.17) is 9.84 Å². The first-order valence-electron chi connectivity index (χ1n) is 8.87. The molecule has 0 aromatic rings. The van der Waals surface area contributed by atoms with Gasteiger partial charge in [0.05, 0.1) is 18.3 Å². The number of aliphatic carboxylic acids is 1. The summed E-state index contributed by atoms with van der Waals surface area (Å²) >= 11 is 0. The molecule has 1 saturated heterocycles. The summed E-state index contributed by atoms with van der Waals surface area (Å²) in [6, 6.07) is 0. The van der Waals surface area contributed by atoms with Crippen LogP contribution in [0.1, 0.15) is 33.1 Å². The molecule has 27 heavy (non-hydrogen) atoms. The Morgan fingerprint density at radius 3 is 2.56 bits per heavy atom. The average molecular weight is 384 g/mol. The number of carboxylic acid groups (broad SMARTS) is 1. The van der Waals surface area contributed by atoms with Crippen LogP contribution in [-0.4, -0.2) is 78.8 Å². The normalized spacial score (nSPS) is 34.6. The molecule has 5 atom stereocenters. The van der Waals surface area contributed by atoms with Crippen molar-refractivity contribution in [1.29, 1.82) is 0 Å². The SMILES string of the molecule is CC(C)(O)C1CC2(O)C(O1)C(CO)=C(C=CC=CCCC(=O)O)C(O)C2O. The van der Waals surface area contributed by atoms with Crippen molar-refractivity contribution in [2.45, 2.75) is 68.7 Å². The molecule has 0 aromatic carbocycles. The predicted octanol–water partition coefficient (Wildman–Crippen LogP) is -0.353. The van der Waals surface area contributed by atoms with E-state index < -0.39 is 48.2 Å². The topological polar surface area (TPSA) is 148 Å². The Balaban J connectivity index is 2.28. The van der Waals surface area contributed by atoms with E-state index in [1.165, 1.54) is 19.9 Å². The highest BCUT2D eigenvalue weighted by atomic mass is 16.5. The Kier molecular flexibility index (Phi) is 6.62. The van der Waals surface area contributed by atoms with Crippen molar-refractivity contribution in [3.05, 3.63) is 35.5 Å². The van der Waals surface area contributed by atoms with Crippen molar-refractivity contribution in [2.75, 3.05) is 6.61 Å². The molecule has 1 fully saturated rings. The maximum atomic E-state index is 10.9. The first-order chi connectivity index (χ1) is 12.5. The van der Waals surface area contributed by atoms with Crippen LogP contribution in [0.4, 0.5) is 0 Å². The molecule has 1 heterocycles. The molecule has 1 aliphatic carbocycles. The van der Waals surface area contributed by atoms with Crippen LogP contribution in [0, 0.1) is 0 Å². The molecule has 0 saturated carbocycles. The summed E-state index contributed by atoms with van der Waals surface area (Å²) in [5.74, 6) is -0.904. The zero-order valence-corrected chi connectivity index (χ0v) is 15.4. The summed E-state index contributed by atoms with van der Waals surface area (Å²) in [6.07, 6.45) is 1.68. The molecule has 0 aromatic heterocycles. The van der Waals surface area contributed by atoms with E-state index >= 15 is 0 Å². The molecule has 0 radical (unpaired) electrons. The molecule has 2 aliphatic rings. The van der Waals surface area contributed by atoms with E-state index in [-0.39, 0.29) is 24.0 Å². The summed E-state index contributed by atoms with van der Waals surface area (Å²) in [5, 5.41) is 60.4. The Morgan fingerprint density at radius 1 is 1.33 bits per heavy atom. The van der Waals surface area contributed by atoms with Gasteiger partial charge in [0.2, 0.25) is 0 Å². The number of hydrogen-bond donors (Lipinski definition) is 6. The van der Waals surface area contributed by atoms with Gasteiger partial charge in [-0.3, -0.25) is 4.79 Å². The second-order valence-corrected chi connectivity index (χ2v) is 7.60. The van der Waals surface area contributed by atoms with Crippen molar-refractivity contribution in [3.63, 3.8) is 0 Å². The molecule has 2 rings (SSSR count). The molecular weight excluding hydrogens is 356 g/mol. The fraction of sp³-hybridized carbons (Fsp3) is 0.632. The van der Waals surface area contributed by atoms with Crippen LogP contribution in [0.3, 0.4) is 0 Å². The van der Waals surface area contributed by atoms with Gasteiger partial charge in [-0.15, -0.1) is 0 Å². The van der Waals surface area contributed by atoms with Gasteiger partial charge in [-0.1, -0.05) is 24.3 Å². The molecule has 8 heteroatoms. The van der Waals surface area contributed by atoms with Crippen LogP contribution < -0.4 is 0 Å². The molecule has 152 valence electrons. The molecule has 0 spiro atoms. The highest BCUT2D eigenvalue weighted by Crippen LogP contribution is 2.46. The molecule has 5 unspecified atom stereocenters. The molecular formula is C19H28O8. The average Bonchev–Trinajstić information content (AvgIpc) is 2.94. The Labute approximate surface area is 157 Å².